The Morgan fingerprint density at radius 2 is 1.97 bits per heavy atom. The summed E-state index contributed by atoms with van der Waals surface area (Å²) in [5.74, 6) is 0.446. The molecule has 0 bridgehead atoms. The average Bonchev–Trinajstić information content (AvgIpc) is 3.49. The molecular weight excluding hydrogens is 468 g/mol. The first-order valence-electron chi connectivity index (χ1n) is 9.66. The SMILES string of the molecule is O=S(=O)(N1CC(CCF)(n2cc(-c3nc(-c4cn[nH]c4)cc4nccn34)cn2)C1)C(F)(F)F. The van der Waals surface area contributed by atoms with Crippen LogP contribution in [-0.2, 0) is 15.6 Å². The minimum Gasteiger partial charge on any atom is -0.285 e. The number of imidazole rings is 1. The Labute approximate surface area is 183 Å². The quantitative estimate of drug-likeness (QED) is 0.420. The average molecular weight is 484 g/mol. The molecule has 0 unspecified atom stereocenters. The number of aromatic nitrogens is 7. The van der Waals surface area contributed by atoms with Gasteiger partial charge in [-0.25, -0.2) is 18.4 Å². The van der Waals surface area contributed by atoms with Gasteiger partial charge in [0.25, 0.3) is 0 Å². The van der Waals surface area contributed by atoms with Crippen LogP contribution < -0.4 is 0 Å². The number of nitrogens with zero attached hydrogens (tertiary/aromatic N) is 7. The molecule has 0 radical (unpaired) electrons. The lowest BCUT2D eigenvalue weighted by Crippen LogP contribution is -2.66. The predicted octanol–water partition coefficient (Wildman–Crippen LogP) is 2.20. The number of rotatable bonds is 6. The second-order valence-corrected chi connectivity index (χ2v) is 9.59. The monoisotopic (exact) mass is 484 g/mol. The van der Waals surface area contributed by atoms with Gasteiger partial charge in [0.15, 0.2) is 0 Å². The molecule has 1 fully saturated rings. The van der Waals surface area contributed by atoms with Crippen molar-refractivity contribution >= 4 is 15.7 Å². The molecule has 0 aromatic carbocycles. The molecule has 0 aliphatic carbocycles. The summed E-state index contributed by atoms with van der Waals surface area (Å²) in [4.78, 5) is 8.92. The molecule has 1 saturated heterocycles. The minimum atomic E-state index is -5.50. The molecule has 10 nitrogen and oxygen atoms in total. The van der Waals surface area contributed by atoms with E-state index in [1.165, 1.54) is 17.1 Å². The van der Waals surface area contributed by atoms with Crippen molar-refractivity contribution in [2.75, 3.05) is 19.8 Å². The summed E-state index contributed by atoms with van der Waals surface area (Å²) in [7, 11) is -5.50. The Hall–Kier alpha value is -3.33. The molecule has 1 aliphatic rings. The molecule has 5 rings (SSSR count). The standard InChI is InChI=1S/C18H16F4N8O2S/c19-2-1-17(10-28(11-17)33(31,32)18(20,21)22)30-9-13(8-26-30)16-27-14(12-6-24-25-7-12)5-15-23-3-4-29(15)16/h3-9H,1-2,10-11H2,(H,24,25). The van der Waals surface area contributed by atoms with Crippen molar-refractivity contribution in [1.82, 2.24) is 38.7 Å². The van der Waals surface area contributed by atoms with Crippen LogP contribution >= 0.6 is 0 Å². The number of hydrogen-bond donors (Lipinski definition) is 1. The lowest BCUT2D eigenvalue weighted by atomic mass is 9.89. The van der Waals surface area contributed by atoms with E-state index in [9.17, 15) is 26.0 Å². The third-order valence-corrected chi connectivity index (χ3v) is 7.17. The second-order valence-electron chi connectivity index (χ2n) is 7.66. The molecule has 1 N–H and O–H groups in total. The summed E-state index contributed by atoms with van der Waals surface area (Å²) in [5.41, 5.74) is -4.27. The van der Waals surface area contributed by atoms with Crippen LogP contribution in [0, 0.1) is 0 Å². The first-order chi connectivity index (χ1) is 15.6. The fourth-order valence-corrected chi connectivity index (χ4v) is 5.00. The van der Waals surface area contributed by atoms with Gasteiger partial charge >= 0.3 is 15.5 Å². The van der Waals surface area contributed by atoms with E-state index < -0.39 is 40.8 Å². The Bertz CT molecular complexity index is 1400. The van der Waals surface area contributed by atoms with Gasteiger partial charge in [0.05, 0.1) is 35.9 Å². The number of nitrogens with one attached hydrogen (secondary N) is 1. The van der Waals surface area contributed by atoms with Crippen LogP contribution in [0.25, 0.3) is 28.3 Å². The zero-order valence-electron chi connectivity index (χ0n) is 16.7. The van der Waals surface area contributed by atoms with E-state index in [0.717, 1.165) is 5.56 Å². The highest BCUT2D eigenvalue weighted by Gasteiger charge is 2.58. The van der Waals surface area contributed by atoms with Crippen molar-refractivity contribution in [2.45, 2.75) is 17.5 Å². The number of hydrogen-bond acceptors (Lipinski definition) is 6. The maximum absolute atomic E-state index is 13.3. The Balaban J connectivity index is 1.52. The number of H-pyrrole nitrogens is 1. The lowest BCUT2D eigenvalue weighted by Gasteiger charge is -2.48. The third kappa shape index (κ3) is 3.38. The van der Waals surface area contributed by atoms with E-state index in [2.05, 4.69) is 25.3 Å². The zero-order valence-corrected chi connectivity index (χ0v) is 17.6. The van der Waals surface area contributed by atoms with Crippen LogP contribution in [0.2, 0.25) is 0 Å². The molecule has 174 valence electrons. The smallest absolute Gasteiger partial charge is 0.285 e. The van der Waals surface area contributed by atoms with E-state index in [-0.39, 0.29) is 10.7 Å². The summed E-state index contributed by atoms with van der Waals surface area (Å²) in [5, 5.41) is 10.8. The minimum absolute atomic E-state index is 0.193. The molecule has 4 aromatic rings. The van der Waals surface area contributed by atoms with Crippen LogP contribution in [0.1, 0.15) is 6.42 Å². The van der Waals surface area contributed by atoms with E-state index >= 15 is 0 Å². The largest absolute Gasteiger partial charge is 0.511 e. The molecule has 0 atom stereocenters. The van der Waals surface area contributed by atoms with Crippen LogP contribution in [0.15, 0.2) is 43.2 Å². The fourth-order valence-electron chi connectivity index (χ4n) is 3.88. The molecule has 0 amide bonds. The number of aromatic amines is 1. The van der Waals surface area contributed by atoms with Crippen LogP contribution in [0.3, 0.4) is 0 Å². The topological polar surface area (TPSA) is 114 Å². The summed E-state index contributed by atoms with van der Waals surface area (Å²) in [6, 6.07) is 1.76. The predicted molar refractivity (Wildman–Crippen MR) is 107 cm³/mol. The summed E-state index contributed by atoms with van der Waals surface area (Å²) < 4.78 is 78.7. The molecule has 15 heteroatoms. The van der Waals surface area contributed by atoms with Gasteiger partial charge < -0.3 is 0 Å². The van der Waals surface area contributed by atoms with Crippen molar-refractivity contribution in [2.24, 2.45) is 0 Å². The van der Waals surface area contributed by atoms with Crippen LogP contribution in [0.4, 0.5) is 17.6 Å². The van der Waals surface area contributed by atoms with Gasteiger partial charge in [0.2, 0.25) is 0 Å². The Morgan fingerprint density at radius 1 is 1.18 bits per heavy atom. The first kappa shape index (κ1) is 21.5. The second kappa shape index (κ2) is 7.34. The summed E-state index contributed by atoms with van der Waals surface area (Å²) in [6.07, 6.45) is 9.30. The van der Waals surface area contributed by atoms with Crippen LogP contribution in [0.5, 0.6) is 0 Å². The van der Waals surface area contributed by atoms with Gasteiger partial charge in [-0.05, 0) is 0 Å². The maximum Gasteiger partial charge on any atom is 0.511 e. The number of sulfonamides is 1. The van der Waals surface area contributed by atoms with Gasteiger partial charge in [-0.3, -0.25) is 18.6 Å². The summed E-state index contributed by atoms with van der Waals surface area (Å²) >= 11 is 0. The molecule has 33 heavy (non-hydrogen) atoms. The fraction of sp³-hybridized carbons (Fsp3) is 0.333. The van der Waals surface area contributed by atoms with Crippen molar-refractivity contribution in [3.8, 4) is 22.6 Å². The zero-order chi connectivity index (χ0) is 23.4. The molecular formula is C18H16F4N8O2S. The molecule has 4 aromatic heterocycles. The maximum atomic E-state index is 13.3. The normalized spacial score (nSPS) is 16.8. The van der Waals surface area contributed by atoms with Gasteiger partial charge in [0.1, 0.15) is 11.5 Å². The van der Waals surface area contributed by atoms with Gasteiger partial charge in [0, 0.05) is 55.9 Å². The molecule has 5 heterocycles. The molecule has 0 saturated carbocycles. The highest BCUT2D eigenvalue weighted by Crippen LogP contribution is 2.39. The van der Waals surface area contributed by atoms with Crippen molar-refractivity contribution in [3.05, 3.63) is 43.2 Å². The van der Waals surface area contributed by atoms with E-state index in [4.69, 9.17) is 0 Å². The van der Waals surface area contributed by atoms with Crippen molar-refractivity contribution in [1.29, 1.82) is 0 Å². The molecule has 0 spiro atoms. The highest BCUT2D eigenvalue weighted by molar-refractivity contribution is 7.90. The molecule has 1 aliphatic heterocycles. The number of fused-ring (bicyclic) bond motifs is 1. The van der Waals surface area contributed by atoms with Crippen molar-refractivity contribution < 1.29 is 26.0 Å². The lowest BCUT2D eigenvalue weighted by molar-refractivity contribution is -0.0576. The Morgan fingerprint density at radius 3 is 2.64 bits per heavy atom. The van der Waals surface area contributed by atoms with Crippen LogP contribution in [-0.4, -0.2) is 72.3 Å². The third-order valence-electron chi connectivity index (χ3n) is 5.64. The van der Waals surface area contributed by atoms with E-state index in [0.29, 0.717) is 22.7 Å². The Kier molecular flexibility index (Phi) is 4.79. The summed E-state index contributed by atoms with van der Waals surface area (Å²) in [6.45, 7) is -1.93. The number of halogens is 4. The first-order valence-corrected chi connectivity index (χ1v) is 11.1. The number of alkyl halides is 4. The van der Waals surface area contributed by atoms with Gasteiger partial charge in [-0.1, -0.05) is 0 Å². The van der Waals surface area contributed by atoms with Gasteiger partial charge in [-0.15, -0.1) is 0 Å². The van der Waals surface area contributed by atoms with Crippen molar-refractivity contribution in [3.63, 3.8) is 0 Å². The van der Waals surface area contributed by atoms with E-state index in [1.54, 1.807) is 35.3 Å². The van der Waals surface area contributed by atoms with E-state index in [1.807, 2.05) is 0 Å². The highest BCUT2D eigenvalue weighted by atomic mass is 32.2. The van der Waals surface area contributed by atoms with Gasteiger partial charge in [-0.2, -0.15) is 27.7 Å².